The van der Waals surface area contributed by atoms with Crippen LogP contribution in [0, 0.1) is 5.82 Å². The molecule has 0 spiro atoms. The predicted octanol–water partition coefficient (Wildman–Crippen LogP) is 2.85. The van der Waals surface area contributed by atoms with Gasteiger partial charge in [0, 0.05) is 5.56 Å². The van der Waals surface area contributed by atoms with Crippen molar-refractivity contribution in [2.45, 2.75) is 12.5 Å². The largest absolute Gasteiger partial charge is 0.384 e. The molecule has 1 unspecified atom stereocenters. The number of H-pyrrole nitrogens is 1. The molecule has 1 amide bonds. The number of aromatic nitrogens is 2. The molecule has 1 heterocycles. The van der Waals surface area contributed by atoms with E-state index in [0.29, 0.717) is 22.4 Å². The van der Waals surface area contributed by atoms with Crippen molar-refractivity contribution < 1.29 is 14.3 Å². The Bertz CT molecular complexity index is 858. The lowest BCUT2D eigenvalue weighted by Crippen LogP contribution is -2.38. The van der Waals surface area contributed by atoms with Crippen molar-refractivity contribution in [3.63, 3.8) is 0 Å². The molecule has 1 aromatic heterocycles. The van der Waals surface area contributed by atoms with Crippen LogP contribution in [0.1, 0.15) is 22.8 Å². The van der Waals surface area contributed by atoms with Gasteiger partial charge in [-0.1, -0.05) is 30.3 Å². The second kappa shape index (κ2) is 6.86. The van der Waals surface area contributed by atoms with Crippen molar-refractivity contribution in [3.05, 3.63) is 77.7 Å². The predicted molar refractivity (Wildman–Crippen MR) is 92.3 cm³/mol. The third-order valence-corrected chi connectivity index (χ3v) is 4.01. The van der Waals surface area contributed by atoms with Gasteiger partial charge in [0.25, 0.3) is 5.91 Å². The lowest BCUT2D eigenvalue weighted by molar-refractivity contribution is 0.0526. The first-order valence-corrected chi connectivity index (χ1v) is 7.83. The second-order valence-electron chi connectivity index (χ2n) is 5.99. The zero-order chi connectivity index (χ0) is 17.9. The van der Waals surface area contributed by atoms with Gasteiger partial charge in [0.15, 0.2) is 0 Å². The van der Waals surface area contributed by atoms with E-state index < -0.39 is 5.60 Å². The lowest BCUT2D eigenvalue weighted by Gasteiger charge is -2.24. The third kappa shape index (κ3) is 3.75. The van der Waals surface area contributed by atoms with Crippen LogP contribution in [0.2, 0.25) is 0 Å². The fourth-order valence-corrected chi connectivity index (χ4v) is 2.54. The Morgan fingerprint density at radius 2 is 1.88 bits per heavy atom. The number of nitrogens with one attached hydrogen (secondary N) is 2. The van der Waals surface area contributed by atoms with E-state index in [0.717, 1.165) is 0 Å². The van der Waals surface area contributed by atoms with E-state index in [4.69, 9.17) is 0 Å². The monoisotopic (exact) mass is 339 g/mol. The Kier molecular flexibility index (Phi) is 4.63. The molecule has 2 aromatic carbocycles. The quantitative estimate of drug-likeness (QED) is 0.669. The highest BCUT2D eigenvalue weighted by molar-refractivity contribution is 5.99. The van der Waals surface area contributed by atoms with E-state index in [1.807, 2.05) is 18.2 Å². The number of amides is 1. The molecule has 128 valence electrons. The molecular formula is C19H18FN3O2. The van der Waals surface area contributed by atoms with Crippen LogP contribution >= 0.6 is 0 Å². The first-order valence-electron chi connectivity index (χ1n) is 7.83. The highest BCUT2D eigenvalue weighted by Gasteiger charge is 2.25. The number of benzene rings is 2. The fourth-order valence-electron chi connectivity index (χ4n) is 2.54. The Labute approximate surface area is 144 Å². The van der Waals surface area contributed by atoms with Crippen LogP contribution in [-0.4, -0.2) is 27.8 Å². The van der Waals surface area contributed by atoms with Crippen molar-refractivity contribution in [1.29, 1.82) is 0 Å². The van der Waals surface area contributed by atoms with E-state index in [1.54, 1.807) is 31.2 Å². The summed E-state index contributed by atoms with van der Waals surface area (Å²) in [5.74, 6) is -0.725. The van der Waals surface area contributed by atoms with Crippen LogP contribution in [0.25, 0.3) is 11.3 Å². The van der Waals surface area contributed by atoms with E-state index >= 15 is 0 Å². The number of nitrogens with zero attached hydrogens (tertiary/aromatic N) is 1. The number of hydrogen-bond acceptors (Lipinski definition) is 3. The molecule has 0 radical (unpaired) electrons. The smallest absolute Gasteiger partial charge is 0.255 e. The zero-order valence-electron chi connectivity index (χ0n) is 13.7. The SMILES string of the molecule is CC(O)(CNC(=O)c1cn[nH]c1-c1ccc(F)cc1)c1ccccc1. The molecule has 0 aliphatic heterocycles. The summed E-state index contributed by atoms with van der Waals surface area (Å²) in [5, 5.41) is 19.9. The van der Waals surface area contributed by atoms with E-state index in [2.05, 4.69) is 15.5 Å². The summed E-state index contributed by atoms with van der Waals surface area (Å²) in [5.41, 5.74) is 0.990. The maximum atomic E-state index is 13.1. The molecule has 25 heavy (non-hydrogen) atoms. The van der Waals surface area contributed by atoms with Crippen LogP contribution < -0.4 is 5.32 Å². The van der Waals surface area contributed by atoms with Crippen LogP contribution in [-0.2, 0) is 5.60 Å². The number of rotatable bonds is 5. The number of carbonyl (C=O) groups excluding carboxylic acids is 1. The number of halogens is 1. The summed E-state index contributed by atoms with van der Waals surface area (Å²) >= 11 is 0. The van der Waals surface area contributed by atoms with E-state index in [1.165, 1.54) is 18.3 Å². The van der Waals surface area contributed by atoms with Gasteiger partial charge in [-0.2, -0.15) is 5.10 Å². The molecule has 6 heteroatoms. The molecule has 5 nitrogen and oxygen atoms in total. The average molecular weight is 339 g/mol. The van der Waals surface area contributed by atoms with Crippen molar-refractivity contribution in [1.82, 2.24) is 15.5 Å². The van der Waals surface area contributed by atoms with E-state index in [9.17, 15) is 14.3 Å². The number of aromatic amines is 1. The molecule has 0 bridgehead atoms. The third-order valence-electron chi connectivity index (χ3n) is 4.01. The molecule has 0 fully saturated rings. The number of hydrogen-bond donors (Lipinski definition) is 3. The maximum absolute atomic E-state index is 13.1. The number of carbonyl (C=O) groups is 1. The minimum absolute atomic E-state index is 0.0455. The lowest BCUT2D eigenvalue weighted by atomic mass is 9.96. The Morgan fingerprint density at radius 1 is 1.20 bits per heavy atom. The summed E-state index contributed by atoms with van der Waals surface area (Å²) in [7, 11) is 0. The molecule has 0 saturated carbocycles. The summed E-state index contributed by atoms with van der Waals surface area (Å²) in [4.78, 5) is 12.5. The van der Waals surface area contributed by atoms with Gasteiger partial charge in [-0.3, -0.25) is 9.89 Å². The molecule has 0 aliphatic rings. The van der Waals surface area contributed by atoms with Gasteiger partial charge in [0.2, 0.25) is 0 Å². The first-order chi connectivity index (χ1) is 12.0. The minimum atomic E-state index is -1.20. The molecule has 0 saturated heterocycles. The molecule has 1 atom stereocenters. The second-order valence-corrected chi connectivity index (χ2v) is 5.99. The standard InChI is InChI=1S/C19H18FN3O2/c1-19(25,14-5-3-2-4-6-14)12-21-18(24)16-11-22-23-17(16)13-7-9-15(20)10-8-13/h2-11,25H,12H2,1H3,(H,21,24)(H,22,23). The molecule has 3 rings (SSSR count). The van der Waals surface area contributed by atoms with Crippen LogP contribution in [0.3, 0.4) is 0 Å². The van der Waals surface area contributed by atoms with Gasteiger partial charge in [0.05, 0.1) is 24.0 Å². The van der Waals surface area contributed by atoms with Gasteiger partial charge >= 0.3 is 0 Å². The molecule has 3 N–H and O–H groups in total. The highest BCUT2D eigenvalue weighted by atomic mass is 19.1. The Hall–Kier alpha value is -2.99. The van der Waals surface area contributed by atoms with Gasteiger partial charge in [-0.15, -0.1) is 0 Å². The fraction of sp³-hybridized carbons (Fsp3) is 0.158. The summed E-state index contributed by atoms with van der Waals surface area (Å²) in [6.45, 7) is 1.68. The molecular weight excluding hydrogens is 321 g/mol. The molecule has 3 aromatic rings. The van der Waals surface area contributed by atoms with Gasteiger partial charge < -0.3 is 10.4 Å². The van der Waals surface area contributed by atoms with E-state index in [-0.39, 0.29) is 18.3 Å². The van der Waals surface area contributed by atoms with Crippen molar-refractivity contribution >= 4 is 5.91 Å². The van der Waals surface area contributed by atoms with Gasteiger partial charge in [-0.25, -0.2) is 4.39 Å². The van der Waals surface area contributed by atoms with Crippen molar-refractivity contribution in [2.24, 2.45) is 0 Å². The summed E-state index contributed by atoms with van der Waals surface area (Å²) in [6, 6.07) is 14.9. The topological polar surface area (TPSA) is 78.0 Å². The maximum Gasteiger partial charge on any atom is 0.255 e. The van der Waals surface area contributed by atoms with Crippen LogP contribution in [0.15, 0.2) is 60.8 Å². The zero-order valence-corrected chi connectivity index (χ0v) is 13.7. The first kappa shape index (κ1) is 16.9. The summed E-state index contributed by atoms with van der Waals surface area (Å²) in [6.07, 6.45) is 1.41. The van der Waals surface area contributed by atoms with Crippen molar-refractivity contribution in [3.8, 4) is 11.3 Å². The van der Waals surface area contributed by atoms with Gasteiger partial charge in [-0.05, 0) is 36.8 Å². The normalized spacial score (nSPS) is 13.2. The number of aliphatic hydroxyl groups is 1. The van der Waals surface area contributed by atoms with Crippen molar-refractivity contribution in [2.75, 3.05) is 6.54 Å². The summed E-state index contributed by atoms with van der Waals surface area (Å²) < 4.78 is 13.1. The Morgan fingerprint density at radius 3 is 2.56 bits per heavy atom. The van der Waals surface area contributed by atoms with Crippen LogP contribution in [0.4, 0.5) is 4.39 Å². The Balaban J connectivity index is 1.75. The minimum Gasteiger partial charge on any atom is -0.384 e. The average Bonchev–Trinajstić information content (AvgIpc) is 3.11. The van der Waals surface area contributed by atoms with Gasteiger partial charge in [0.1, 0.15) is 11.4 Å². The molecule has 0 aliphatic carbocycles. The highest BCUT2D eigenvalue weighted by Crippen LogP contribution is 2.22. The van der Waals surface area contributed by atoms with Crippen LogP contribution in [0.5, 0.6) is 0 Å².